The van der Waals surface area contributed by atoms with Crippen LogP contribution in [0.25, 0.3) is 0 Å². The van der Waals surface area contributed by atoms with Gasteiger partial charge in [0.15, 0.2) is 5.79 Å². The molecule has 0 amide bonds. The maximum absolute atomic E-state index is 9.79. The van der Waals surface area contributed by atoms with E-state index in [0.29, 0.717) is 13.2 Å². The van der Waals surface area contributed by atoms with Crippen LogP contribution in [0.15, 0.2) is 0 Å². The Kier molecular flexibility index (Phi) is 2.35. The van der Waals surface area contributed by atoms with Crippen molar-refractivity contribution in [3.05, 3.63) is 0 Å². The first-order chi connectivity index (χ1) is 5.83. The zero-order valence-corrected chi connectivity index (χ0v) is 7.29. The number of rotatable bonds is 0. The lowest BCUT2D eigenvalue weighted by molar-refractivity contribution is -0.222. The summed E-state index contributed by atoms with van der Waals surface area (Å²) in [5.41, 5.74) is 0. The van der Waals surface area contributed by atoms with Crippen LogP contribution in [-0.2, 0) is 9.47 Å². The number of ether oxygens (including phenoxy) is 2. The van der Waals surface area contributed by atoms with Crippen LogP contribution < -0.4 is 0 Å². The van der Waals surface area contributed by atoms with Crippen molar-refractivity contribution in [3.8, 4) is 0 Å². The minimum Gasteiger partial charge on any atom is -0.388 e. The second-order valence-corrected chi connectivity index (χ2v) is 3.62. The molecule has 3 nitrogen and oxygen atoms in total. The lowest BCUT2D eigenvalue weighted by atomic mass is 10.1. The van der Waals surface area contributed by atoms with Crippen LogP contribution in [0, 0.1) is 0 Å². The summed E-state index contributed by atoms with van der Waals surface area (Å²) < 4.78 is 11.0. The van der Waals surface area contributed by atoms with Gasteiger partial charge in [-0.05, 0) is 12.8 Å². The summed E-state index contributed by atoms with van der Waals surface area (Å²) >= 11 is 0. The minimum atomic E-state index is -0.628. The van der Waals surface area contributed by atoms with Gasteiger partial charge >= 0.3 is 0 Å². The van der Waals surface area contributed by atoms with E-state index >= 15 is 0 Å². The largest absolute Gasteiger partial charge is 0.388 e. The van der Waals surface area contributed by atoms with Crippen molar-refractivity contribution in [3.63, 3.8) is 0 Å². The predicted molar refractivity (Wildman–Crippen MR) is 43.7 cm³/mol. The summed E-state index contributed by atoms with van der Waals surface area (Å²) in [4.78, 5) is 0. The fourth-order valence-corrected chi connectivity index (χ4v) is 2.08. The molecule has 1 saturated carbocycles. The van der Waals surface area contributed by atoms with Gasteiger partial charge in [-0.3, -0.25) is 0 Å². The van der Waals surface area contributed by atoms with Crippen LogP contribution in [0.1, 0.15) is 32.1 Å². The molecule has 1 saturated heterocycles. The Hall–Kier alpha value is -0.120. The SMILES string of the molecule is OC1CCCCCC12OCCO2. The Labute approximate surface area is 72.7 Å². The van der Waals surface area contributed by atoms with Gasteiger partial charge in [0.1, 0.15) is 6.10 Å². The van der Waals surface area contributed by atoms with E-state index in [0.717, 1.165) is 25.7 Å². The van der Waals surface area contributed by atoms with Crippen LogP contribution >= 0.6 is 0 Å². The van der Waals surface area contributed by atoms with Crippen molar-refractivity contribution in [2.75, 3.05) is 13.2 Å². The molecule has 0 aromatic rings. The van der Waals surface area contributed by atoms with E-state index in [1.165, 1.54) is 6.42 Å². The molecule has 1 heterocycles. The first-order valence-electron chi connectivity index (χ1n) is 4.79. The molecule has 2 rings (SSSR count). The third-order valence-electron chi connectivity index (χ3n) is 2.79. The summed E-state index contributed by atoms with van der Waals surface area (Å²) in [6.07, 6.45) is 4.65. The highest BCUT2D eigenvalue weighted by Gasteiger charge is 2.43. The fourth-order valence-electron chi connectivity index (χ4n) is 2.08. The molecule has 2 aliphatic rings. The maximum Gasteiger partial charge on any atom is 0.194 e. The van der Waals surface area contributed by atoms with Crippen LogP contribution in [0.2, 0.25) is 0 Å². The summed E-state index contributed by atoms with van der Waals surface area (Å²) in [7, 11) is 0. The molecular formula is C9H16O3. The van der Waals surface area contributed by atoms with E-state index in [1.807, 2.05) is 0 Å². The molecular weight excluding hydrogens is 156 g/mol. The van der Waals surface area contributed by atoms with Gasteiger partial charge in [0, 0.05) is 6.42 Å². The molecule has 1 aliphatic heterocycles. The number of aliphatic hydroxyl groups excluding tert-OH is 1. The summed E-state index contributed by atoms with van der Waals surface area (Å²) in [6.45, 7) is 1.27. The molecule has 12 heavy (non-hydrogen) atoms. The minimum absolute atomic E-state index is 0.414. The third kappa shape index (κ3) is 1.37. The van der Waals surface area contributed by atoms with E-state index in [2.05, 4.69) is 0 Å². The van der Waals surface area contributed by atoms with Gasteiger partial charge in [-0.15, -0.1) is 0 Å². The highest BCUT2D eigenvalue weighted by atomic mass is 16.7. The fraction of sp³-hybridized carbons (Fsp3) is 1.00. The summed E-state index contributed by atoms with van der Waals surface area (Å²) in [5.74, 6) is -0.628. The van der Waals surface area contributed by atoms with Gasteiger partial charge in [0.2, 0.25) is 0 Å². The molecule has 1 atom stereocenters. The zero-order chi connectivity index (χ0) is 8.44. The molecule has 70 valence electrons. The molecule has 0 bridgehead atoms. The second-order valence-electron chi connectivity index (χ2n) is 3.62. The highest BCUT2D eigenvalue weighted by Crippen LogP contribution is 2.34. The summed E-state index contributed by atoms with van der Waals surface area (Å²) in [5, 5.41) is 9.79. The molecule has 3 heteroatoms. The lowest BCUT2D eigenvalue weighted by Crippen LogP contribution is -2.42. The average Bonchev–Trinajstić information content (AvgIpc) is 2.45. The highest BCUT2D eigenvalue weighted by molar-refractivity contribution is 4.84. The van der Waals surface area contributed by atoms with E-state index in [1.54, 1.807) is 0 Å². The molecule has 1 aliphatic carbocycles. The zero-order valence-electron chi connectivity index (χ0n) is 7.29. The number of hydrogen-bond donors (Lipinski definition) is 1. The number of hydrogen-bond acceptors (Lipinski definition) is 3. The van der Waals surface area contributed by atoms with Crippen molar-refractivity contribution in [1.29, 1.82) is 0 Å². The maximum atomic E-state index is 9.79. The van der Waals surface area contributed by atoms with E-state index in [4.69, 9.17) is 9.47 Å². The average molecular weight is 172 g/mol. The Morgan fingerprint density at radius 2 is 1.83 bits per heavy atom. The normalized spacial score (nSPS) is 35.2. The third-order valence-corrected chi connectivity index (χ3v) is 2.79. The van der Waals surface area contributed by atoms with Gasteiger partial charge in [0.05, 0.1) is 13.2 Å². The quantitative estimate of drug-likeness (QED) is 0.593. The molecule has 1 unspecified atom stereocenters. The molecule has 0 radical (unpaired) electrons. The monoisotopic (exact) mass is 172 g/mol. The molecule has 0 aromatic heterocycles. The standard InChI is InChI=1S/C9H16O3/c10-8-4-2-1-3-5-9(8)11-6-7-12-9/h8,10H,1-7H2. The van der Waals surface area contributed by atoms with Crippen LogP contribution in [0.5, 0.6) is 0 Å². The van der Waals surface area contributed by atoms with Crippen LogP contribution in [0.4, 0.5) is 0 Å². The van der Waals surface area contributed by atoms with E-state index in [9.17, 15) is 5.11 Å². The van der Waals surface area contributed by atoms with Gasteiger partial charge in [-0.25, -0.2) is 0 Å². The van der Waals surface area contributed by atoms with E-state index < -0.39 is 11.9 Å². The first kappa shape index (κ1) is 8.48. The van der Waals surface area contributed by atoms with Crippen molar-refractivity contribution >= 4 is 0 Å². The lowest BCUT2D eigenvalue weighted by Gasteiger charge is -2.30. The van der Waals surface area contributed by atoms with Crippen molar-refractivity contribution in [1.82, 2.24) is 0 Å². The van der Waals surface area contributed by atoms with E-state index in [-0.39, 0.29) is 0 Å². The Balaban J connectivity index is 2.08. The molecule has 2 fully saturated rings. The number of aliphatic hydroxyl groups is 1. The predicted octanol–water partition coefficient (Wildman–Crippen LogP) is 1.05. The van der Waals surface area contributed by atoms with Gasteiger partial charge in [0.25, 0.3) is 0 Å². The smallest absolute Gasteiger partial charge is 0.194 e. The van der Waals surface area contributed by atoms with Crippen LogP contribution in [-0.4, -0.2) is 30.2 Å². The van der Waals surface area contributed by atoms with Gasteiger partial charge < -0.3 is 14.6 Å². The molecule has 1 N–H and O–H groups in total. The first-order valence-corrected chi connectivity index (χ1v) is 4.79. The van der Waals surface area contributed by atoms with Crippen LogP contribution in [0.3, 0.4) is 0 Å². The molecule has 1 spiro atoms. The van der Waals surface area contributed by atoms with Crippen molar-refractivity contribution < 1.29 is 14.6 Å². The summed E-state index contributed by atoms with van der Waals surface area (Å²) in [6, 6.07) is 0. The topological polar surface area (TPSA) is 38.7 Å². The van der Waals surface area contributed by atoms with Crippen molar-refractivity contribution in [2.24, 2.45) is 0 Å². The second kappa shape index (κ2) is 3.32. The Bertz CT molecular complexity index is 152. The van der Waals surface area contributed by atoms with Crippen molar-refractivity contribution in [2.45, 2.75) is 44.0 Å². The molecule has 0 aromatic carbocycles. The Morgan fingerprint density at radius 1 is 1.08 bits per heavy atom. The van der Waals surface area contributed by atoms with Gasteiger partial charge in [-0.2, -0.15) is 0 Å². The van der Waals surface area contributed by atoms with Gasteiger partial charge in [-0.1, -0.05) is 12.8 Å². The Morgan fingerprint density at radius 3 is 2.58 bits per heavy atom.